The van der Waals surface area contributed by atoms with Crippen LogP contribution in [0.15, 0.2) is 95.7 Å². The molecule has 2 N–H and O–H groups in total. The van der Waals surface area contributed by atoms with E-state index in [0.29, 0.717) is 30.6 Å². The molecular weight excluding hydrogens is 660 g/mol. The van der Waals surface area contributed by atoms with Crippen LogP contribution in [0.4, 0.5) is 21.0 Å². The number of hydrogen-bond donors (Lipinski definition) is 2. The van der Waals surface area contributed by atoms with Crippen molar-refractivity contribution in [3.63, 3.8) is 0 Å². The van der Waals surface area contributed by atoms with Crippen molar-refractivity contribution >= 4 is 56.2 Å². The summed E-state index contributed by atoms with van der Waals surface area (Å²) in [5.41, 5.74) is 1.97. The van der Waals surface area contributed by atoms with Gasteiger partial charge in [-0.1, -0.05) is 61.5 Å². The van der Waals surface area contributed by atoms with Crippen LogP contribution in [0.2, 0.25) is 0 Å². The molecule has 0 spiro atoms. The third-order valence-corrected chi connectivity index (χ3v) is 7.26. The first-order valence-electron chi connectivity index (χ1n) is 14.8. The van der Waals surface area contributed by atoms with Crippen molar-refractivity contribution in [1.29, 1.82) is 0 Å². The lowest BCUT2D eigenvalue weighted by Crippen LogP contribution is -3.00. The number of hydrogen-bond acceptors (Lipinski definition) is 5. The molecule has 0 radical (unpaired) electrons. The number of carbonyl (C=O) groups is 3. The van der Waals surface area contributed by atoms with E-state index in [-0.39, 0.29) is 38.1 Å². The van der Waals surface area contributed by atoms with Crippen LogP contribution < -0.4 is 32.5 Å². The zero-order chi connectivity index (χ0) is 31.1. The summed E-state index contributed by atoms with van der Waals surface area (Å²) in [4.78, 5) is 39.6. The number of pyridine rings is 1. The number of nitrogens with zero attached hydrogens (tertiary/aromatic N) is 2. The number of benzene rings is 3. The lowest BCUT2D eigenvalue weighted by Gasteiger charge is -2.22. The largest absolute Gasteiger partial charge is 1.00 e. The van der Waals surface area contributed by atoms with Crippen molar-refractivity contribution in [3.05, 3.63) is 101 Å². The lowest BCUT2D eigenvalue weighted by molar-refractivity contribution is -0.697. The second-order valence-corrected chi connectivity index (χ2v) is 11.1. The minimum Gasteiger partial charge on any atom is -1.00 e. The van der Waals surface area contributed by atoms with E-state index in [1.165, 1.54) is 0 Å². The molecule has 4 rings (SSSR count). The van der Waals surface area contributed by atoms with Crippen molar-refractivity contribution in [2.45, 2.75) is 39.2 Å². The molecule has 0 fully saturated rings. The predicted molar refractivity (Wildman–Crippen MR) is 175 cm³/mol. The second kappa shape index (κ2) is 18.6. The molecule has 9 nitrogen and oxygen atoms in total. The maximum Gasteiger partial charge on any atom is 0.411 e. The predicted octanol–water partition coefficient (Wildman–Crippen LogP) is 4.10. The van der Waals surface area contributed by atoms with Crippen molar-refractivity contribution in [1.82, 2.24) is 5.32 Å². The fraction of sp³-hybridized carbons (Fsp3) is 0.294. The molecule has 4 aromatic rings. The Morgan fingerprint density at radius 1 is 0.844 bits per heavy atom. The molecule has 3 aromatic carbocycles. The van der Waals surface area contributed by atoms with Gasteiger partial charge >= 0.3 is 12.2 Å². The first-order chi connectivity index (χ1) is 21.4. The highest BCUT2D eigenvalue weighted by atomic mass is 79.9. The summed E-state index contributed by atoms with van der Waals surface area (Å²) in [7, 11) is 0. The fourth-order valence-corrected chi connectivity index (χ4v) is 5.24. The highest BCUT2D eigenvalue weighted by molar-refractivity contribution is 9.10. The molecule has 45 heavy (non-hydrogen) atoms. The van der Waals surface area contributed by atoms with Gasteiger partial charge in [-0.15, -0.1) is 0 Å². The number of aromatic nitrogens is 1. The van der Waals surface area contributed by atoms with Crippen LogP contribution in [0.1, 0.15) is 43.0 Å². The van der Waals surface area contributed by atoms with Crippen LogP contribution in [0, 0.1) is 0 Å². The smallest absolute Gasteiger partial charge is 0.411 e. The quantitative estimate of drug-likeness (QED) is 0.153. The Hall–Kier alpha value is -4.15. The van der Waals surface area contributed by atoms with Gasteiger partial charge in [0.2, 0.25) is 0 Å². The molecular formula is C34H38BrClN4O5. The number of carbonyl (C=O) groups excluding carboxylic acids is 3. The van der Waals surface area contributed by atoms with Crippen molar-refractivity contribution in [2.24, 2.45) is 0 Å². The van der Waals surface area contributed by atoms with E-state index in [4.69, 9.17) is 9.47 Å². The first-order valence-corrected chi connectivity index (χ1v) is 15.6. The Balaban J connectivity index is 0.00000552. The molecule has 0 atom stereocenters. The molecule has 238 valence electrons. The van der Waals surface area contributed by atoms with E-state index in [1.54, 1.807) is 11.0 Å². The maximum atomic E-state index is 13.5. The van der Waals surface area contributed by atoms with Gasteiger partial charge in [-0.25, -0.2) is 14.2 Å². The zero-order valence-electron chi connectivity index (χ0n) is 25.2. The number of halogens is 2. The summed E-state index contributed by atoms with van der Waals surface area (Å²) < 4.78 is 13.5. The van der Waals surface area contributed by atoms with Gasteiger partial charge in [0.25, 0.3) is 5.91 Å². The molecule has 0 aliphatic carbocycles. The Bertz CT molecular complexity index is 1550. The Morgan fingerprint density at radius 3 is 2.38 bits per heavy atom. The Morgan fingerprint density at radius 2 is 1.58 bits per heavy atom. The average molecular weight is 698 g/mol. The number of para-hydroxylation sites is 1. The number of rotatable bonds is 14. The van der Waals surface area contributed by atoms with E-state index < -0.39 is 12.2 Å². The van der Waals surface area contributed by atoms with Gasteiger partial charge in [-0.2, -0.15) is 0 Å². The summed E-state index contributed by atoms with van der Waals surface area (Å²) >= 11 is 3.50. The van der Waals surface area contributed by atoms with E-state index in [2.05, 4.69) is 33.5 Å². The number of alkyl carbamates (subject to hydrolysis) is 1. The van der Waals surface area contributed by atoms with Gasteiger partial charge < -0.3 is 32.1 Å². The van der Waals surface area contributed by atoms with Gasteiger partial charge in [0, 0.05) is 24.0 Å². The Kier molecular flexibility index (Phi) is 14.6. The molecule has 1 aromatic heterocycles. The average Bonchev–Trinajstić information content (AvgIpc) is 3.03. The SMILES string of the molecule is CCC[n+]1cc(Br)cc(C(=O)N(CCOC(=O)NCCCCCOC(=O)Nc2cccc3ccccc23)c2ccccc2)c1.[Cl-]. The third kappa shape index (κ3) is 11.1. The van der Waals surface area contributed by atoms with Crippen LogP contribution in [0.5, 0.6) is 0 Å². The molecule has 0 aliphatic heterocycles. The summed E-state index contributed by atoms with van der Waals surface area (Å²) in [6, 6.07) is 24.7. The van der Waals surface area contributed by atoms with Gasteiger partial charge in [0.05, 0.1) is 23.3 Å². The minimum absolute atomic E-state index is 0. The van der Waals surface area contributed by atoms with E-state index >= 15 is 0 Å². The monoisotopic (exact) mass is 696 g/mol. The number of nitrogens with one attached hydrogen (secondary N) is 2. The van der Waals surface area contributed by atoms with E-state index in [1.807, 2.05) is 89.8 Å². The molecule has 0 saturated heterocycles. The molecule has 0 aliphatic rings. The number of aryl methyl sites for hydroxylation is 1. The first kappa shape index (κ1) is 35.3. The highest BCUT2D eigenvalue weighted by Crippen LogP contribution is 2.23. The molecule has 3 amide bonds. The topological polar surface area (TPSA) is 101 Å². The number of amides is 3. The number of anilines is 2. The summed E-state index contributed by atoms with van der Waals surface area (Å²) in [6.45, 7) is 3.82. The molecule has 0 unspecified atom stereocenters. The molecule has 0 bridgehead atoms. The minimum atomic E-state index is -0.542. The maximum absolute atomic E-state index is 13.5. The molecule has 11 heteroatoms. The van der Waals surface area contributed by atoms with Gasteiger partial charge in [-0.3, -0.25) is 10.1 Å². The van der Waals surface area contributed by atoms with Gasteiger partial charge in [0.1, 0.15) is 18.7 Å². The Labute approximate surface area is 278 Å². The summed E-state index contributed by atoms with van der Waals surface area (Å²) in [6.07, 6.45) is 5.83. The van der Waals surface area contributed by atoms with Crippen LogP contribution in [0.3, 0.4) is 0 Å². The number of ether oxygens (including phenoxy) is 2. The van der Waals surface area contributed by atoms with E-state index in [9.17, 15) is 14.4 Å². The van der Waals surface area contributed by atoms with Gasteiger partial charge in [-0.05, 0) is 64.8 Å². The fourth-order valence-electron chi connectivity index (χ4n) is 4.73. The molecule has 0 saturated carbocycles. The summed E-state index contributed by atoms with van der Waals surface area (Å²) in [5, 5.41) is 7.54. The van der Waals surface area contributed by atoms with E-state index in [0.717, 1.165) is 40.3 Å². The van der Waals surface area contributed by atoms with Crippen LogP contribution >= 0.6 is 15.9 Å². The van der Waals surface area contributed by atoms with Gasteiger partial charge in [0.15, 0.2) is 12.4 Å². The van der Waals surface area contributed by atoms with Crippen molar-refractivity contribution in [3.8, 4) is 0 Å². The lowest BCUT2D eigenvalue weighted by atomic mass is 10.1. The van der Waals surface area contributed by atoms with Crippen LogP contribution in [0.25, 0.3) is 10.8 Å². The number of unbranched alkanes of at least 4 members (excludes halogenated alkanes) is 2. The third-order valence-electron chi connectivity index (χ3n) is 6.83. The normalized spacial score (nSPS) is 10.4. The second-order valence-electron chi connectivity index (χ2n) is 10.2. The van der Waals surface area contributed by atoms with Crippen LogP contribution in [-0.2, 0) is 16.0 Å². The number of fused-ring (bicyclic) bond motifs is 1. The van der Waals surface area contributed by atoms with Crippen molar-refractivity contribution in [2.75, 3.05) is 36.5 Å². The molecule has 1 heterocycles. The van der Waals surface area contributed by atoms with Crippen LogP contribution in [-0.4, -0.2) is 44.4 Å². The highest BCUT2D eigenvalue weighted by Gasteiger charge is 2.21. The standard InChI is InChI=1S/C34H37BrN4O5.ClH/c1-2-19-38-24-27(23-28(35)25-38)32(40)39(29-14-5-3-6-15-29)20-22-44-33(41)36-18-9-4-10-21-43-34(42)37-31-17-11-13-26-12-7-8-16-30(26)31;/h3,5-8,11-17,23-25H,2,4,9-10,18-22H2,1H3,(H-,36,37,41,42);1H. The van der Waals surface area contributed by atoms with Crippen molar-refractivity contribution < 1.29 is 40.8 Å². The summed E-state index contributed by atoms with van der Waals surface area (Å²) in [5.74, 6) is -0.181. The zero-order valence-corrected chi connectivity index (χ0v) is 27.6.